The molecule has 0 bridgehead atoms. The summed E-state index contributed by atoms with van der Waals surface area (Å²) in [6.07, 6.45) is 6.59. The van der Waals surface area contributed by atoms with Crippen molar-refractivity contribution >= 4 is 12.2 Å². The van der Waals surface area contributed by atoms with E-state index in [9.17, 15) is 0 Å². The molecule has 1 nitrogen and oxygen atoms in total. The van der Waals surface area contributed by atoms with Crippen molar-refractivity contribution in [3.05, 3.63) is 125 Å². The van der Waals surface area contributed by atoms with E-state index in [4.69, 9.17) is 4.74 Å². The largest absolute Gasteiger partial charge is 0.481 e. The van der Waals surface area contributed by atoms with Crippen LogP contribution in [0.15, 0.2) is 97.1 Å². The van der Waals surface area contributed by atoms with Gasteiger partial charge in [0.15, 0.2) is 0 Å². The Morgan fingerprint density at radius 3 is 1.73 bits per heavy atom. The molecule has 0 saturated heterocycles. The zero-order chi connectivity index (χ0) is 22.6. The second kappa shape index (κ2) is 9.50. The lowest BCUT2D eigenvalue weighted by molar-refractivity contribution is 0.247. The van der Waals surface area contributed by atoms with Gasteiger partial charge in [-0.15, -0.1) is 0 Å². The predicted octanol–water partition coefficient (Wildman–Crippen LogP) is 8.59. The van der Waals surface area contributed by atoms with E-state index in [1.54, 1.807) is 0 Å². The highest BCUT2D eigenvalue weighted by Crippen LogP contribution is 2.36. The molecule has 0 N–H and O–H groups in total. The van der Waals surface area contributed by atoms with Gasteiger partial charge >= 0.3 is 0 Å². The predicted molar refractivity (Wildman–Crippen MR) is 139 cm³/mol. The van der Waals surface area contributed by atoms with Crippen LogP contribution in [0.1, 0.15) is 54.2 Å². The van der Waals surface area contributed by atoms with E-state index in [1.807, 2.05) is 0 Å². The molecule has 4 aromatic rings. The van der Waals surface area contributed by atoms with Gasteiger partial charge in [0.2, 0.25) is 0 Å². The fraction of sp³-hybridized carbons (Fsp3) is 0.188. The Morgan fingerprint density at radius 1 is 0.667 bits per heavy atom. The fourth-order valence-electron chi connectivity index (χ4n) is 4.52. The van der Waals surface area contributed by atoms with Crippen molar-refractivity contribution in [2.45, 2.75) is 32.8 Å². The molecule has 0 spiro atoms. The van der Waals surface area contributed by atoms with E-state index in [0.29, 0.717) is 0 Å². The smallest absolute Gasteiger partial charge is 0.150 e. The number of fused-ring (bicyclic) bond motifs is 2. The lowest BCUT2D eigenvalue weighted by atomic mass is 9.96. The van der Waals surface area contributed by atoms with Gasteiger partial charge in [0, 0.05) is 11.1 Å². The molecule has 33 heavy (non-hydrogen) atoms. The Bertz CT molecular complexity index is 1200. The van der Waals surface area contributed by atoms with Crippen molar-refractivity contribution in [3.8, 4) is 16.9 Å². The molecule has 0 aliphatic heterocycles. The summed E-state index contributed by atoms with van der Waals surface area (Å²) in [6.45, 7) is 4.57. The average Bonchev–Trinajstić information content (AvgIpc) is 3.02. The minimum atomic E-state index is -0.141. The first-order valence-corrected chi connectivity index (χ1v) is 11.9. The Labute approximate surface area is 197 Å². The van der Waals surface area contributed by atoms with Gasteiger partial charge in [-0.3, -0.25) is 0 Å². The van der Waals surface area contributed by atoms with Crippen LogP contribution >= 0.6 is 0 Å². The minimum absolute atomic E-state index is 0.141. The quantitative estimate of drug-likeness (QED) is 0.297. The van der Waals surface area contributed by atoms with Crippen molar-refractivity contribution in [2.75, 3.05) is 0 Å². The molecular formula is C32H30O. The van der Waals surface area contributed by atoms with Crippen molar-refractivity contribution in [1.82, 2.24) is 0 Å². The Hall–Kier alpha value is -3.58. The molecule has 1 aliphatic rings. The van der Waals surface area contributed by atoms with Crippen LogP contribution in [-0.4, -0.2) is 0 Å². The first-order valence-electron chi connectivity index (χ1n) is 11.9. The van der Waals surface area contributed by atoms with Gasteiger partial charge in [-0.05, 0) is 52.3 Å². The Kier molecular flexibility index (Phi) is 6.13. The average molecular weight is 431 g/mol. The van der Waals surface area contributed by atoms with Crippen molar-refractivity contribution in [3.63, 3.8) is 0 Å². The molecule has 0 saturated carbocycles. The molecule has 0 fully saturated rings. The highest BCUT2D eigenvalue weighted by atomic mass is 16.5. The van der Waals surface area contributed by atoms with E-state index < -0.39 is 0 Å². The molecule has 1 atom stereocenters. The van der Waals surface area contributed by atoms with Crippen LogP contribution in [0.2, 0.25) is 0 Å². The number of ether oxygens (including phenoxy) is 1. The normalized spacial score (nSPS) is 13.6. The third kappa shape index (κ3) is 4.64. The highest BCUT2D eigenvalue weighted by molar-refractivity contribution is 5.76. The second-order valence-electron chi connectivity index (χ2n) is 9.03. The third-order valence-corrected chi connectivity index (χ3v) is 6.68. The maximum atomic E-state index is 6.61. The molecule has 5 rings (SSSR count). The van der Waals surface area contributed by atoms with Gasteiger partial charge in [-0.1, -0.05) is 117 Å². The van der Waals surface area contributed by atoms with Crippen LogP contribution in [0.5, 0.6) is 5.75 Å². The van der Waals surface area contributed by atoms with Crippen LogP contribution in [0, 0.1) is 5.92 Å². The molecule has 1 heteroatoms. The molecule has 0 heterocycles. The Balaban J connectivity index is 1.39. The van der Waals surface area contributed by atoms with Gasteiger partial charge < -0.3 is 4.74 Å². The monoisotopic (exact) mass is 430 g/mol. The number of hydrogen-bond donors (Lipinski definition) is 0. The van der Waals surface area contributed by atoms with Crippen LogP contribution < -0.4 is 4.74 Å². The minimum Gasteiger partial charge on any atom is -0.481 e. The molecule has 0 radical (unpaired) electrons. The number of benzene rings is 4. The summed E-state index contributed by atoms with van der Waals surface area (Å²) in [5.74, 6) is 1.60. The fourth-order valence-corrected chi connectivity index (χ4v) is 4.52. The topological polar surface area (TPSA) is 9.23 Å². The lowest BCUT2D eigenvalue weighted by Crippen LogP contribution is -2.11. The van der Waals surface area contributed by atoms with Crippen LogP contribution in [0.25, 0.3) is 23.3 Å². The van der Waals surface area contributed by atoms with Crippen LogP contribution in [0.3, 0.4) is 0 Å². The van der Waals surface area contributed by atoms with Crippen molar-refractivity contribution in [1.29, 1.82) is 0 Å². The van der Waals surface area contributed by atoms with Crippen LogP contribution in [0.4, 0.5) is 0 Å². The standard InChI is InChI=1S/C32H30O/c1-3-23(2)22-24-12-14-25(15-13-24)26-18-20-29(21-19-26)33-32-30-10-6-4-8-27(30)16-17-28-9-5-7-11-31(28)32/h4-21,23,32H,3,22H2,1-2H3. The zero-order valence-electron chi connectivity index (χ0n) is 19.4. The second-order valence-corrected chi connectivity index (χ2v) is 9.03. The third-order valence-electron chi connectivity index (χ3n) is 6.68. The van der Waals surface area contributed by atoms with E-state index >= 15 is 0 Å². The van der Waals surface area contributed by atoms with Gasteiger partial charge in [-0.2, -0.15) is 0 Å². The summed E-state index contributed by atoms with van der Waals surface area (Å²) in [5, 5.41) is 0. The summed E-state index contributed by atoms with van der Waals surface area (Å²) >= 11 is 0. The van der Waals surface area contributed by atoms with Crippen molar-refractivity contribution in [2.24, 2.45) is 5.92 Å². The Morgan fingerprint density at radius 2 is 1.18 bits per heavy atom. The summed E-state index contributed by atoms with van der Waals surface area (Å²) in [6, 6.07) is 34.5. The maximum Gasteiger partial charge on any atom is 0.150 e. The molecule has 1 aliphatic carbocycles. The van der Waals surface area contributed by atoms with E-state index in [-0.39, 0.29) is 6.10 Å². The lowest BCUT2D eigenvalue weighted by Gasteiger charge is -2.22. The first-order chi connectivity index (χ1) is 16.2. The van der Waals surface area contributed by atoms with E-state index in [2.05, 4.69) is 123 Å². The number of hydrogen-bond acceptors (Lipinski definition) is 1. The summed E-state index contributed by atoms with van der Waals surface area (Å²) < 4.78 is 6.61. The molecule has 0 aromatic heterocycles. The molecule has 164 valence electrons. The van der Waals surface area contributed by atoms with Crippen molar-refractivity contribution < 1.29 is 4.74 Å². The summed E-state index contributed by atoms with van der Waals surface area (Å²) in [7, 11) is 0. The molecule has 0 amide bonds. The summed E-state index contributed by atoms with van der Waals surface area (Å²) in [4.78, 5) is 0. The van der Waals surface area contributed by atoms with Crippen LogP contribution in [-0.2, 0) is 6.42 Å². The van der Waals surface area contributed by atoms with Gasteiger partial charge in [0.25, 0.3) is 0 Å². The summed E-state index contributed by atoms with van der Waals surface area (Å²) in [5.41, 5.74) is 8.65. The molecule has 1 unspecified atom stereocenters. The number of rotatable bonds is 6. The zero-order valence-corrected chi connectivity index (χ0v) is 19.4. The SMILES string of the molecule is CCC(C)Cc1ccc(-c2ccc(OC3c4ccccc4C=Cc4ccccc43)cc2)cc1. The van der Waals surface area contributed by atoms with E-state index in [1.165, 1.54) is 45.4 Å². The molecule has 4 aromatic carbocycles. The first kappa shape index (κ1) is 21.3. The molecular weight excluding hydrogens is 400 g/mol. The highest BCUT2D eigenvalue weighted by Gasteiger charge is 2.22. The van der Waals surface area contributed by atoms with Gasteiger partial charge in [0.05, 0.1) is 0 Å². The van der Waals surface area contributed by atoms with Gasteiger partial charge in [-0.25, -0.2) is 0 Å². The van der Waals surface area contributed by atoms with E-state index in [0.717, 1.165) is 18.1 Å². The van der Waals surface area contributed by atoms with Gasteiger partial charge in [0.1, 0.15) is 11.9 Å². The maximum absolute atomic E-state index is 6.61.